The highest BCUT2D eigenvalue weighted by Crippen LogP contribution is 2.17. The molecule has 1 unspecified atom stereocenters. The standard InChI is InChI=1S/C66H118O6/c1-4-7-10-13-16-18-20-22-23-24-25-26-27-28-29-30-31-32-33-34-35-36-37-38-39-40-41-42-43-45-46-48-50-53-56-59-65(68)71-62-63(61-70-64(67)58-55-52-15-12-9-6-3)72-66(69)60-57-54-51-49-47-44-21-19-17-14-11-8-5-2/h7,10,16,18-19,21-23,25-26,63H,4-6,8-9,11-15,17,20,24,27-62H2,1-3H3/b10-7-,18-16-,21-19-,23-22-,26-25-. The molecule has 6 nitrogen and oxygen atoms in total. The number of rotatable bonds is 57. The maximum absolute atomic E-state index is 12.8. The lowest BCUT2D eigenvalue weighted by atomic mass is 10.0. The van der Waals surface area contributed by atoms with Crippen LogP contribution in [0.3, 0.4) is 0 Å². The van der Waals surface area contributed by atoms with Gasteiger partial charge in [-0.2, -0.15) is 0 Å². The Morgan fingerprint density at radius 3 is 0.875 bits per heavy atom. The van der Waals surface area contributed by atoms with Crippen molar-refractivity contribution in [3.63, 3.8) is 0 Å². The molecule has 0 aromatic carbocycles. The van der Waals surface area contributed by atoms with Gasteiger partial charge >= 0.3 is 17.9 Å². The normalized spacial score (nSPS) is 12.4. The Bertz CT molecular complexity index is 1290. The van der Waals surface area contributed by atoms with Crippen LogP contribution in [0, 0.1) is 0 Å². The molecule has 1 atom stereocenters. The molecule has 418 valence electrons. The Kier molecular flexibility index (Phi) is 58.2. The zero-order valence-electron chi connectivity index (χ0n) is 47.9. The Labute approximate surface area is 447 Å². The fourth-order valence-electron chi connectivity index (χ4n) is 9.08. The summed E-state index contributed by atoms with van der Waals surface area (Å²) in [5, 5.41) is 0. The van der Waals surface area contributed by atoms with Crippen LogP contribution in [0.4, 0.5) is 0 Å². The molecule has 0 aliphatic heterocycles. The van der Waals surface area contributed by atoms with Crippen LogP contribution in [0.1, 0.15) is 323 Å². The third-order valence-electron chi connectivity index (χ3n) is 13.8. The van der Waals surface area contributed by atoms with Crippen molar-refractivity contribution in [3.8, 4) is 0 Å². The van der Waals surface area contributed by atoms with Gasteiger partial charge in [-0.05, 0) is 83.5 Å². The van der Waals surface area contributed by atoms with E-state index in [0.717, 1.165) is 89.9 Å². The summed E-state index contributed by atoms with van der Waals surface area (Å²) in [7, 11) is 0. The fraction of sp³-hybridized carbons (Fsp3) is 0.803. The number of esters is 3. The molecule has 0 spiro atoms. The second kappa shape index (κ2) is 60.7. The summed E-state index contributed by atoms with van der Waals surface area (Å²) in [5.74, 6) is -0.878. The Balaban J connectivity index is 3.88. The zero-order valence-corrected chi connectivity index (χ0v) is 47.9. The molecule has 0 aliphatic rings. The summed E-state index contributed by atoms with van der Waals surface area (Å²) in [4.78, 5) is 37.8. The SMILES string of the molecule is CC/C=C\C/C=C\C/C=C\C/C=C\CCCCCCCCCCCCCCCCCCCCCCCCC(=O)OCC(COC(=O)CCCCCCCC)OC(=O)CCCCCCC/C=C\CCCCCC. The van der Waals surface area contributed by atoms with Crippen LogP contribution in [-0.4, -0.2) is 37.2 Å². The lowest BCUT2D eigenvalue weighted by Crippen LogP contribution is -2.30. The van der Waals surface area contributed by atoms with E-state index < -0.39 is 6.10 Å². The number of hydrogen-bond acceptors (Lipinski definition) is 6. The zero-order chi connectivity index (χ0) is 52.2. The van der Waals surface area contributed by atoms with E-state index in [1.807, 2.05) is 0 Å². The Hall–Kier alpha value is -2.89. The van der Waals surface area contributed by atoms with E-state index in [1.165, 1.54) is 193 Å². The number of carbonyl (C=O) groups excluding carboxylic acids is 3. The van der Waals surface area contributed by atoms with Gasteiger partial charge in [-0.25, -0.2) is 0 Å². The first-order chi connectivity index (χ1) is 35.5. The molecule has 0 rings (SSSR count). The quantitative estimate of drug-likeness (QED) is 0.0261. The van der Waals surface area contributed by atoms with E-state index >= 15 is 0 Å². The third-order valence-corrected chi connectivity index (χ3v) is 13.8. The number of hydrogen-bond donors (Lipinski definition) is 0. The van der Waals surface area contributed by atoms with Gasteiger partial charge in [0.05, 0.1) is 0 Å². The van der Waals surface area contributed by atoms with E-state index in [9.17, 15) is 14.4 Å². The summed E-state index contributed by atoms with van der Waals surface area (Å²) < 4.78 is 16.7. The van der Waals surface area contributed by atoms with Crippen molar-refractivity contribution in [2.24, 2.45) is 0 Å². The van der Waals surface area contributed by atoms with Gasteiger partial charge in [-0.15, -0.1) is 0 Å². The van der Waals surface area contributed by atoms with Crippen molar-refractivity contribution >= 4 is 17.9 Å². The van der Waals surface area contributed by atoms with Crippen molar-refractivity contribution in [1.29, 1.82) is 0 Å². The smallest absolute Gasteiger partial charge is 0.306 e. The minimum Gasteiger partial charge on any atom is -0.462 e. The predicted octanol–water partition coefficient (Wildman–Crippen LogP) is 21.2. The fourth-order valence-corrected chi connectivity index (χ4v) is 9.08. The first-order valence-corrected chi connectivity index (χ1v) is 31.3. The van der Waals surface area contributed by atoms with Gasteiger partial charge < -0.3 is 14.2 Å². The number of carbonyl (C=O) groups is 3. The van der Waals surface area contributed by atoms with Crippen molar-refractivity contribution in [1.82, 2.24) is 0 Å². The molecule has 0 aromatic heterocycles. The molecule has 0 saturated carbocycles. The minimum absolute atomic E-state index is 0.0726. The molecular formula is C66H118O6. The first kappa shape index (κ1) is 69.1. The highest BCUT2D eigenvalue weighted by Gasteiger charge is 2.19. The number of ether oxygens (including phenoxy) is 3. The van der Waals surface area contributed by atoms with Crippen molar-refractivity contribution < 1.29 is 28.6 Å². The molecule has 0 heterocycles. The van der Waals surface area contributed by atoms with E-state index in [0.29, 0.717) is 19.3 Å². The van der Waals surface area contributed by atoms with Gasteiger partial charge in [-0.3, -0.25) is 14.4 Å². The second-order valence-corrected chi connectivity index (χ2v) is 20.9. The number of allylic oxidation sites excluding steroid dienone is 10. The van der Waals surface area contributed by atoms with Gasteiger partial charge in [0, 0.05) is 19.3 Å². The lowest BCUT2D eigenvalue weighted by molar-refractivity contribution is -0.167. The van der Waals surface area contributed by atoms with E-state index in [-0.39, 0.29) is 31.1 Å². The summed E-state index contributed by atoms with van der Waals surface area (Å²) in [5.41, 5.74) is 0. The minimum atomic E-state index is -0.771. The molecule has 0 saturated heterocycles. The maximum Gasteiger partial charge on any atom is 0.306 e. The average molecular weight is 1010 g/mol. The highest BCUT2D eigenvalue weighted by molar-refractivity contribution is 5.71. The van der Waals surface area contributed by atoms with Gasteiger partial charge in [0.2, 0.25) is 0 Å². The van der Waals surface area contributed by atoms with Crippen molar-refractivity contribution in [2.75, 3.05) is 13.2 Å². The van der Waals surface area contributed by atoms with Crippen LogP contribution < -0.4 is 0 Å². The highest BCUT2D eigenvalue weighted by atomic mass is 16.6. The largest absolute Gasteiger partial charge is 0.462 e. The maximum atomic E-state index is 12.8. The second-order valence-electron chi connectivity index (χ2n) is 20.9. The van der Waals surface area contributed by atoms with E-state index in [4.69, 9.17) is 14.2 Å². The van der Waals surface area contributed by atoms with Gasteiger partial charge in [0.25, 0.3) is 0 Å². The van der Waals surface area contributed by atoms with Gasteiger partial charge in [0.15, 0.2) is 6.10 Å². The molecule has 0 radical (unpaired) electrons. The topological polar surface area (TPSA) is 78.9 Å². The van der Waals surface area contributed by atoms with Crippen molar-refractivity contribution in [3.05, 3.63) is 60.8 Å². The van der Waals surface area contributed by atoms with Crippen LogP contribution in [0.2, 0.25) is 0 Å². The van der Waals surface area contributed by atoms with Crippen LogP contribution in [-0.2, 0) is 28.6 Å². The molecule has 0 bridgehead atoms. The Morgan fingerprint density at radius 1 is 0.292 bits per heavy atom. The molecule has 0 aromatic rings. The third kappa shape index (κ3) is 58.0. The van der Waals surface area contributed by atoms with Crippen LogP contribution in [0.25, 0.3) is 0 Å². The molecule has 72 heavy (non-hydrogen) atoms. The Morgan fingerprint density at radius 2 is 0.542 bits per heavy atom. The molecule has 0 aliphatic carbocycles. The van der Waals surface area contributed by atoms with E-state index in [1.54, 1.807) is 0 Å². The van der Waals surface area contributed by atoms with Gasteiger partial charge in [0.1, 0.15) is 13.2 Å². The summed E-state index contributed by atoms with van der Waals surface area (Å²) >= 11 is 0. The number of unbranched alkanes of at least 4 members (excludes halogenated alkanes) is 36. The predicted molar refractivity (Wildman–Crippen MR) is 312 cm³/mol. The van der Waals surface area contributed by atoms with E-state index in [2.05, 4.69) is 81.5 Å². The summed E-state index contributed by atoms with van der Waals surface area (Å²) in [6.45, 7) is 6.47. The van der Waals surface area contributed by atoms with Crippen molar-refractivity contribution in [2.45, 2.75) is 329 Å². The molecule has 6 heteroatoms. The van der Waals surface area contributed by atoms with Crippen LogP contribution in [0.5, 0.6) is 0 Å². The monoisotopic (exact) mass is 1010 g/mol. The summed E-state index contributed by atoms with van der Waals surface area (Å²) in [6.07, 6.45) is 77.2. The lowest BCUT2D eigenvalue weighted by Gasteiger charge is -2.18. The molecular weight excluding hydrogens is 889 g/mol. The molecule has 0 fully saturated rings. The summed E-state index contributed by atoms with van der Waals surface area (Å²) in [6, 6.07) is 0. The molecule has 0 N–H and O–H groups in total. The first-order valence-electron chi connectivity index (χ1n) is 31.3. The average Bonchev–Trinajstić information content (AvgIpc) is 3.38. The van der Waals surface area contributed by atoms with Crippen LogP contribution in [0.15, 0.2) is 60.8 Å². The molecule has 0 amide bonds. The van der Waals surface area contributed by atoms with Crippen LogP contribution >= 0.6 is 0 Å². The van der Waals surface area contributed by atoms with Gasteiger partial charge in [-0.1, -0.05) is 281 Å².